The molecule has 0 bridgehead atoms. The van der Waals surface area contributed by atoms with E-state index in [0.717, 1.165) is 6.07 Å². The summed E-state index contributed by atoms with van der Waals surface area (Å²) >= 11 is 0. The summed E-state index contributed by atoms with van der Waals surface area (Å²) in [6.45, 7) is 16.2. The average Bonchev–Trinajstić information content (AvgIpc) is 2.66. The van der Waals surface area contributed by atoms with Crippen LogP contribution in [0.25, 0.3) is 0 Å². The van der Waals surface area contributed by atoms with Crippen LogP contribution in [0.4, 0.5) is 0 Å². The number of nitrogens with one attached hydrogen (secondary N) is 4. The van der Waals surface area contributed by atoms with Crippen molar-refractivity contribution in [3.05, 3.63) is 12.1 Å². The van der Waals surface area contributed by atoms with Crippen molar-refractivity contribution in [2.45, 2.75) is 125 Å². The van der Waals surface area contributed by atoms with Crippen LogP contribution in [-0.4, -0.2) is 65.3 Å². The van der Waals surface area contributed by atoms with Crippen molar-refractivity contribution in [2.24, 2.45) is 0 Å². The largest absolute Gasteiger partial charge is 0.495 e. The van der Waals surface area contributed by atoms with E-state index in [1.165, 1.54) is 20.3 Å². The number of hydrogen-bond donors (Lipinski definition) is 4. The molecule has 1 aromatic carbocycles. The first-order valence-electron chi connectivity index (χ1n) is 13.0. The number of rotatable bonds is 8. The third kappa shape index (κ3) is 7.39. The molecule has 2 aliphatic rings. The van der Waals surface area contributed by atoms with Crippen LogP contribution in [0.3, 0.4) is 0 Å². The Labute approximate surface area is 229 Å². The lowest BCUT2D eigenvalue weighted by Crippen LogP contribution is -2.62. The molecule has 2 heterocycles. The zero-order valence-corrected chi connectivity index (χ0v) is 26.0. The molecule has 0 radical (unpaired) electrons. The fraction of sp³-hybridized carbons (Fsp3) is 0.769. The van der Waals surface area contributed by atoms with Crippen LogP contribution >= 0.6 is 0 Å². The molecule has 0 aromatic heterocycles. The number of hydrogen-bond acceptors (Lipinski definition) is 8. The molecule has 218 valence electrons. The minimum Gasteiger partial charge on any atom is -0.495 e. The lowest BCUT2D eigenvalue weighted by Gasteiger charge is -2.46. The Bertz CT molecular complexity index is 1130. The topological polar surface area (TPSA) is 135 Å². The van der Waals surface area contributed by atoms with Crippen LogP contribution in [0.2, 0.25) is 0 Å². The highest BCUT2D eigenvalue weighted by Gasteiger charge is 2.42. The predicted molar refractivity (Wildman–Crippen MR) is 149 cm³/mol. The summed E-state index contributed by atoms with van der Waals surface area (Å²) in [5.74, 6) is 0.00905. The minimum absolute atomic E-state index is 0.00453. The van der Waals surface area contributed by atoms with E-state index in [-0.39, 0.29) is 55.5 Å². The molecule has 0 atom stereocenters. The van der Waals surface area contributed by atoms with Gasteiger partial charge >= 0.3 is 0 Å². The third-order valence-corrected chi connectivity index (χ3v) is 10.1. The molecular formula is C26H46N4O6S2. The van der Waals surface area contributed by atoms with E-state index >= 15 is 0 Å². The lowest BCUT2D eigenvalue weighted by molar-refractivity contribution is 0.156. The summed E-state index contributed by atoms with van der Waals surface area (Å²) in [4.78, 5) is -0.498. The summed E-state index contributed by atoms with van der Waals surface area (Å²) in [5.41, 5.74) is -1.14. The Hall–Kier alpha value is -1.44. The summed E-state index contributed by atoms with van der Waals surface area (Å²) in [7, 11) is -5.60. The molecule has 0 amide bonds. The van der Waals surface area contributed by atoms with Gasteiger partial charge in [-0.1, -0.05) is 0 Å². The Balaban J connectivity index is 2.00. The molecule has 38 heavy (non-hydrogen) atoms. The molecule has 0 unspecified atom stereocenters. The van der Waals surface area contributed by atoms with Crippen LogP contribution in [0, 0.1) is 0 Å². The Morgan fingerprint density at radius 3 is 1.18 bits per heavy atom. The van der Waals surface area contributed by atoms with Gasteiger partial charge in [-0.25, -0.2) is 26.3 Å². The van der Waals surface area contributed by atoms with Crippen molar-refractivity contribution in [1.82, 2.24) is 20.1 Å². The Morgan fingerprint density at radius 1 is 0.632 bits per heavy atom. The third-order valence-electron chi connectivity index (χ3n) is 7.05. The smallest absolute Gasteiger partial charge is 0.244 e. The number of methoxy groups -OCH3 is 2. The molecular weight excluding hydrogens is 528 g/mol. The summed E-state index contributed by atoms with van der Waals surface area (Å²) in [5, 5.41) is 7.07. The number of sulfonamides is 2. The van der Waals surface area contributed by atoms with Gasteiger partial charge in [0.05, 0.1) is 14.2 Å². The van der Waals surface area contributed by atoms with Crippen molar-refractivity contribution in [3.8, 4) is 11.5 Å². The van der Waals surface area contributed by atoms with E-state index in [2.05, 4.69) is 20.1 Å². The average molecular weight is 575 g/mol. The van der Waals surface area contributed by atoms with Crippen molar-refractivity contribution in [2.75, 3.05) is 14.2 Å². The van der Waals surface area contributed by atoms with Gasteiger partial charge in [-0.05, 0) is 87.1 Å². The molecule has 0 saturated carbocycles. The maximum atomic E-state index is 13.7. The van der Waals surface area contributed by atoms with E-state index in [0.29, 0.717) is 25.7 Å². The molecule has 0 aliphatic carbocycles. The molecule has 2 aliphatic heterocycles. The van der Waals surface area contributed by atoms with Crippen LogP contribution in [0.5, 0.6) is 11.5 Å². The maximum absolute atomic E-state index is 13.7. The van der Waals surface area contributed by atoms with Gasteiger partial charge in [-0.15, -0.1) is 0 Å². The van der Waals surface area contributed by atoms with E-state index < -0.39 is 20.0 Å². The second-order valence-corrected chi connectivity index (χ2v) is 16.8. The molecule has 1 aromatic rings. The van der Waals surface area contributed by atoms with Gasteiger partial charge in [0.25, 0.3) is 0 Å². The zero-order chi connectivity index (χ0) is 28.9. The normalized spacial score (nSPS) is 23.6. The summed E-state index contributed by atoms with van der Waals surface area (Å²) in [6.07, 6.45) is 2.29. The van der Waals surface area contributed by atoms with Gasteiger partial charge in [0.2, 0.25) is 20.0 Å². The molecule has 4 N–H and O–H groups in total. The molecule has 2 saturated heterocycles. The molecule has 12 heteroatoms. The van der Waals surface area contributed by atoms with Crippen molar-refractivity contribution < 1.29 is 26.3 Å². The zero-order valence-electron chi connectivity index (χ0n) is 24.4. The van der Waals surface area contributed by atoms with Gasteiger partial charge < -0.3 is 20.1 Å². The van der Waals surface area contributed by atoms with Gasteiger partial charge in [0, 0.05) is 40.3 Å². The van der Waals surface area contributed by atoms with Crippen LogP contribution in [-0.2, 0) is 20.0 Å². The first-order valence-corrected chi connectivity index (χ1v) is 16.0. The molecule has 0 spiro atoms. The second-order valence-electron chi connectivity index (χ2n) is 13.4. The molecule has 3 rings (SSSR count). The maximum Gasteiger partial charge on any atom is 0.244 e. The van der Waals surface area contributed by atoms with E-state index in [1.54, 1.807) is 0 Å². The highest BCUT2D eigenvalue weighted by molar-refractivity contribution is 7.90. The van der Waals surface area contributed by atoms with Gasteiger partial charge in [-0.2, -0.15) is 0 Å². The summed E-state index contributed by atoms with van der Waals surface area (Å²) in [6, 6.07) is 1.75. The molecule has 2 fully saturated rings. The predicted octanol–water partition coefficient (Wildman–Crippen LogP) is 2.88. The van der Waals surface area contributed by atoms with Crippen molar-refractivity contribution >= 4 is 20.0 Å². The van der Waals surface area contributed by atoms with Gasteiger partial charge in [-0.3, -0.25) is 0 Å². The number of benzene rings is 1. The number of ether oxygens (including phenoxy) is 2. The standard InChI is InChI=1S/C26H46N4O6S2/c1-23(2)13-17(14-24(3,4)29-23)27-37(31,32)21-12-22(20(36-10)11-19(21)35-9)38(33,34)28-18-15-25(5,6)30-26(7,8)16-18/h11-12,17-18,27-30H,13-16H2,1-10H3. The van der Waals surface area contributed by atoms with Crippen LogP contribution in [0.15, 0.2) is 21.9 Å². The fourth-order valence-electron chi connectivity index (χ4n) is 6.64. The van der Waals surface area contributed by atoms with Gasteiger partial charge in [0.1, 0.15) is 21.3 Å². The Morgan fingerprint density at radius 2 is 0.921 bits per heavy atom. The van der Waals surface area contributed by atoms with Gasteiger partial charge in [0.15, 0.2) is 0 Å². The Kier molecular flexibility index (Phi) is 8.34. The highest BCUT2D eigenvalue weighted by atomic mass is 32.2. The first kappa shape index (κ1) is 31.1. The van der Waals surface area contributed by atoms with E-state index in [1.807, 2.05) is 55.4 Å². The van der Waals surface area contributed by atoms with E-state index in [4.69, 9.17) is 9.47 Å². The summed E-state index contributed by atoms with van der Waals surface area (Å²) < 4.78 is 71.0. The van der Waals surface area contributed by atoms with Crippen molar-refractivity contribution in [1.29, 1.82) is 0 Å². The quantitative estimate of drug-likeness (QED) is 0.372. The minimum atomic E-state index is -4.14. The SMILES string of the molecule is COc1cc(OC)c(S(=O)(=O)NC2CC(C)(C)NC(C)(C)C2)cc1S(=O)(=O)NC1CC(C)(C)NC(C)(C)C1. The monoisotopic (exact) mass is 574 g/mol. The number of piperidine rings is 2. The fourth-order valence-corrected chi connectivity index (χ4v) is 9.54. The highest BCUT2D eigenvalue weighted by Crippen LogP contribution is 2.37. The van der Waals surface area contributed by atoms with Crippen LogP contribution < -0.4 is 29.6 Å². The lowest BCUT2D eigenvalue weighted by atomic mass is 9.80. The molecule has 10 nitrogen and oxygen atoms in total. The van der Waals surface area contributed by atoms with E-state index in [9.17, 15) is 16.8 Å². The van der Waals surface area contributed by atoms with Crippen molar-refractivity contribution in [3.63, 3.8) is 0 Å². The van der Waals surface area contributed by atoms with Crippen LogP contribution in [0.1, 0.15) is 81.1 Å². The second kappa shape index (κ2) is 10.2. The first-order chi connectivity index (χ1) is 17.1.